The van der Waals surface area contributed by atoms with Gasteiger partial charge in [-0.15, -0.1) is 0 Å². The molecule has 0 saturated carbocycles. The Morgan fingerprint density at radius 1 is 1.29 bits per heavy atom. The van der Waals surface area contributed by atoms with Crippen LogP contribution in [0.5, 0.6) is 0 Å². The molecule has 0 spiro atoms. The van der Waals surface area contributed by atoms with Crippen LogP contribution in [0.3, 0.4) is 0 Å². The quantitative estimate of drug-likeness (QED) is 0.650. The van der Waals surface area contributed by atoms with Gasteiger partial charge in [-0.1, -0.05) is 0 Å². The topological polar surface area (TPSA) is 26.3 Å². The second-order valence-electron chi connectivity index (χ2n) is 0.530. The van der Waals surface area contributed by atoms with E-state index in [1.807, 2.05) is 0 Å². The predicted molar refractivity (Wildman–Crippen MR) is 25.2 cm³/mol. The van der Waals surface area contributed by atoms with Crippen molar-refractivity contribution in [2.45, 2.75) is 0 Å². The zero-order valence-electron chi connectivity index (χ0n) is 2.64. The summed E-state index contributed by atoms with van der Waals surface area (Å²) in [7, 11) is 9.62. The molecule has 50 valence electrons. The van der Waals surface area contributed by atoms with Crippen LogP contribution < -0.4 is 0 Å². The van der Waals surface area contributed by atoms with Gasteiger partial charge in [-0.25, -0.2) is 0 Å². The van der Waals surface area contributed by atoms with Crippen molar-refractivity contribution >= 4 is 42.4 Å². The fraction of sp³-hybridized carbons (Fsp3) is 0. The average Bonchev–Trinajstić information content (AvgIpc) is 1.32. The van der Waals surface area contributed by atoms with Gasteiger partial charge < -0.3 is 0 Å². The second kappa shape index (κ2) is 1.98. The van der Waals surface area contributed by atoms with E-state index in [4.69, 9.17) is 30.6 Å². The minimum absolute atomic E-state index is 3.45. The van der Waals surface area contributed by atoms with Crippen LogP contribution in [0.15, 0.2) is 0 Å². The van der Waals surface area contributed by atoms with E-state index in [9.17, 15) is 3.90 Å². The van der Waals surface area contributed by atoms with Gasteiger partial charge >= 0.3 is 58.7 Å². The van der Waals surface area contributed by atoms with Crippen LogP contribution in [0.1, 0.15) is 0 Å². The van der Waals surface area contributed by atoms with E-state index in [-0.39, 0.29) is 0 Å². The third-order valence-corrected chi connectivity index (χ3v) is 2.30. The molecule has 0 fully saturated rings. The second-order valence-corrected chi connectivity index (χ2v) is 9.47. The maximum absolute atomic E-state index is 10.1. The van der Waals surface area contributed by atoms with Gasteiger partial charge in [0.1, 0.15) is 0 Å². The Bertz CT molecular complexity index is 111. The molecule has 0 amide bonds. The van der Waals surface area contributed by atoms with Gasteiger partial charge in [0.25, 0.3) is 0 Å². The standard InChI is InChI=1S/ClO.3ClH.Ni.O/c1-2;;;;;/h;3*1H;;/q-1;;;;+4;/p-3. The number of rotatable bonds is 1. The summed E-state index contributed by atoms with van der Waals surface area (Å²) in [6, 6.07) is 0. The molecule has 0 bridgehead atoms. The third kappa shape index (κ3) is 7.41. The van der Waals surface area contributed by atoms with Crippen LogP contribution in [0.4, 0.5) is 0 Å². The van der Waals surface area contributed by atoms with Crippen LogP contribution in [0.25, 0.3) is 0 Å². The van der Waals surface area contributed by atoms with Gasteiger partial charge in [-0.05, 0) is 0 Å². The van der Waals surface area contributed by atoms with Crippen molar-refractivity contribution < 1.29 is 16.3 Å². The molecule has 0 aliphatic rings. The van der Waals surface area contributed by atoms with Crippen molar-refractivity contribution in [1.29, 1.82) is 0 Å². The summed E-state index contributed by atoms with van der Waals surface area (Å²) < 4.78 is 13.6. The molecular weight excluding hydrogens is 233 g/mol. The summed E-state index contributed by atoms with van der Waals surface area (Å²) in [5.74, 6) is 0. The van der Waals surface area contributed by atoms with E-state index in [1.54, 1.807) is 0 Å². The molecular formula is Cl4NiO2. The molecule has 0 aliphatic carbocycles. The molecule has 0 heterocycles. The van der Waals surface area contributed by atoms with Crippen LogP contribution in [-0.2, 0) is 16.3 Å². The van der Waals surface area contributed by atoms with E-state index >= 15 is 0 Å². The van der Waals surface area contributed by atoms with Crippen LogP contribution in [0.2, 0.25) is 0 Å². The van der Waals surface area contributed by atoms with E-state index in [0.29, 0.717) is 0 Å². The number of halogens is 4. The van der Waals surface area contributed by atoms with Gasteiger partial charge in [-0.3, -0.25) is 0 Å². The summed E-state index contributed by atoms with van der Waals surface area (Å²) in [5, 5.41) is 0. The first kappa shape index (κ1) is 8.41. The van der Waals surface area contributed by atoms with Crippen molar-refractivity contribution in [2.75, 3.05) is 0 Å². The first-order chi connectivity index (χ1) is 2.81. The monoisotopic (exact) mass is 230 g/mol. The summed E-state index contributed by atoms with van der Waals surface area (Å²) in [4.78, 5) is 0. The molecule has 2 nitrogen and oxygen atoms in total. The first-order valence-corrected chi connectivity index (χ1v) is 5.96. The molecule has 0 aromatic heterocycles. The van der Waals surface area contributed by atoms with Crippen molar-refractivity contribution in [3.63, 3.8) is 0 Å². The van der Waals surface area contributed by atoms with Crippen LogP contribution >= 0.6 is 42.4 Å². The molecule has 0 saturated heterocycles. The van der Waals surface area contributed by atoms with Gasteiger partial charge in [0.05, 0.1) is 0 Å². The molecule has 0 N–H and O–H groups in total. The predicted octanol–water partition coefficient (Wildman–Crippen LogP) is 2.57. The maximum atomic E-state index is 10.1. The molecule has 0 atom stereocenters. The fourth-order valence-corrected chi connectivity index (χ4v) is 0. The Kier molecular flexibility index (Phi) is 2.38. The van der Waals surface area contributed by atoms with Crippen molar-refractivity contribution in [3.8, 4) is 0 Å². The molecule has 0 aromatic rings. The first-order valence-electron chi connectivity index (χ1n) is 0.771. The Labute approximate surface area is 58.6 Å². The zero-order valence-corrected chi connectivity index (χ0v) is 6.66. The van der Waals surface area contributed by atoms with E-state index in [0.717, 1.165) is 0 Å². The summed E-state index contributed by atoms with van der Waals surface area (Å²) >= 11 is 4.46. The summed E-state index contributed by atoms with van der Waals surface area (Å²) in [6.45, 7) is 0. The van der Waals surface area contributed by atoms with Crippen LogP contribution in [0, 0.1) is 0 Å². The van der Waals surface area contributed by atoms with Crippen molar-refractivity contribution in [2.24, 2.45) is 0 Å². The molecule has 0 unspecified atom stereocenters. The number of hydrogen-bond donors (Lipinski definition) is 0. The Morgan fingerprint density at radius 2 is 1.43 bits per heavy atom. The molecule has 0 aromatic carbocycles. The fourth-order valence-electron chi connectivity index (χ4n) is 0. The molecule has 0 aliphatic heterocycles. The molecule has 7 heavy (non-hydrogen) atoms. The van der Waals surface area contributed by atoms with Gasteiger partial charge in [0.15, 0.2) is 0 Å². The normalized spacial score (nSPS) is 18.0. The molecule has 7 heteroatoms. The van der Waals surface area contributed by atoms with Crippen LogP contribution in [-0.4, -0.2) is 0 Å². The average molecular weight is 233 g/mol. The van der Waals surface area contributed by atoms with Crippen molar-refractivity contribution in [1.82, 2.24) is 0 Å². The molecule has 0 rings (SSSR count). The van der Waals surface area contributed by atoms with Crippen molar-refractivity contribution in [3.05, 3.63) is 0 Å². The summed E-state index contributed by atoms with van der Waals surface area (Å²) in [6.07, 6.45) is 0. The van der Waals surface area contributed by atoms with E-state index < -0.39 is 8.93 Å². The summed E-state index contributed by atoms with van der Waals surface area (Å²) in [5.41, 5.74) is 0. The molecule has 0 radical (unpaired) electrons. The Morgan fingerprint density at radius 3 is 1.43 bits per heavy atom. The SMILES string of the molecule is [O]=[Ni]([Cl])([Cl])([Cl])[O]Cl. The van der Waals surface area contributed by atoms with E-state index in [2.05, 4.69) is 15.3 Å². The third-order valence-electron chi connectivity index (χ3n) is 0.0752. The van der Waals surface area contributed by atoms with Gasteiger partial charge in [0, 0.05) is 0 Å². The van der Waals surface area contributed by atoms with E-state index in [1.165, 1.54) is 0 Å². The van der Waals surface area contributed by atoms with Gasteiger partial charge in [-0.2, -0.15) is 0 Å². The zero-order chi connectivity index (χ0) is 6.15. The Hall–Kier alpha value is 1.41. The Balaban J connectivity index is 4.14. The number of hydrogen-bond acceptors (Lipinski definition) is 2. The minimum atomic E-state index is -4.51. The van der Waals surface area contributed by atoms with Gasteiger partial charge in [0.2, 0.25) is 0 Å².